The molecule has 4 fully saturated rings. The fourth-order valence-electron chi connectivity index (χ4n) is 5.53. The minimum Gasteiger partial charge on any atom is -0.373 e. The van der Waals surface area contributed by atoms with Gasteiger partial charge in [0.1, 0.15) is 5.41 Å². The van der Waals surface area contributed by atoms with Crippen LogP contribution in [0.25, 0.3) is 0 Å². The quantitative estimate of drug-likeness (QED) is 0.827. The Kier molecular flexibility index (Phi) is 3.07. The summed E-state index contributed by atoms with van der Waals surface area (Å²) in [7, 11) is 0. The van der Waals surface area contributed by atoms with E-state index in [0.29, 0.717) is 6.54 Å². The number of carbonyl (C=O) groups is 1. The highest BCUT2D eigenvalue weighted by Crippen LogP contribution is 2.64. The van der Waals surface area contributed by atoms with E-state index >= 15 is 0 Å². The fraction of sp³-hybridized carbons (Fsp3) is 0.765. The molecule has 4 saturated heterocycles. The molecule has 0 radical (unpaired) electrons. The van der Waals surface area contributed by atoms with Crippen LogP contribution in [0.5, 0.6) is 0 Å². The molecule has 1 amide bonds. The predicted molar refractivity (Wildman–Crippen MR) is 81.6 cm³/mol. The van der Waals surface area contributed by atoms with E-state index in [0.717, 1.165) is 38.6 Å². The first kappa shape index (κ1) is 14.0. The molecule has 6 atom stereocenters. The Hall–Kier alpha value is -1.40. The molecule has 4 aliphatic heterocycles. The van der Waals surface area contributed by atoms with Crippen LogP contribution in [0.4, 0.5) is 0 Å². The first-order valence-electron chi connectivity index (χ1n) is 8.85. The highest BCUT2D eigenvalue weighted by atomic mass is 16.5. The van der Waals surface area contributed by atoms with E-state index in [1.54, 1.807) is 6.20 Å². The molecule has 1 aromatic rings. The van der Waals surface area contributed by atoms with E-state index in [2.05, 4.69) is 10.3 Å². The van der Waals surface area contributed by atoms with Crippen LogP contribution in [0.2, 0.25) is 0 Å². The molecule has 23 heavy (non-hydrogen) atoms. The van der Waals surface area contributed by atoms with Crippen molar-refractivity contribution in [2.45, 2.75) is 63.1 Å². The molecular weight excluding hydrogens is 294 g/mol. The monoisotopic (exact) mass is 317 g/mol. The van der Waals surface area contributed by atoms with Crippen molar-refractivity contribution in [2.75, 3.05) is 6.54 Å². The predicted octanol–water partition coefficient (Wildman–Crippen LogP) is 1.11. The largest absolute Gasteiger partial charge is 0.373 e. The summed E-state index contributed by atoms with van der Waals surface area (Å²) in [6.07, 6.45) is 11.3. The topological polar surface area (TPSA) is 65.4 Å². The van der Waals surface area contributed by atoms with Crippen LogP contribution >= 0.6 is 0 Å². The second kappa shape index (κ2) is 5.05. The lowest BCUT2D eigenvalue weighted by molar-refractivity contribution is -0.140. The maximum Gasteiger partial charge on any atom is 0.231 e. The Labute approximate surface area is 135 Å². The van der Waals surface area contributed by atoms with Gasteiger partial charge in [0.25, 0.3) is 0 Å². The molecule has 6 nitrogen and oxygen atoms in total. The van der Waals surface area contributed by atoms with Crippen LogP contribution in [-0.4, -0.2) is 46.4 Å². The second-order valence-electron chi connectivity index (χ2n) is 7.35. The molecule has 5 heterocycles. The number of nitrogens with zero attached hydrogens (tertiary/aromatic N) is 2. The van der Waals surface area contributed by atoms with E-state index in [9.17, 15) is 4.79 Å². The van der Waals surface area contributed by atoms with Crippen LogP contribution in [-0.2, 0) is 20.8 Å². The summed E-state index contributed by atoms with van der Waals surface area (Å²) in [5, 5.41) is 3.19. The van der Waals surface area contributed by atoms with Crippen molar-refractivity contribution >= 4 is 5.91 Å². The van der Waals surface area contributed by atoms with E-state index in [4.69, 9.17) is 9.47 Å². The Bertz CT molecular complexity index is 580. The lowest BCUT2D eigenvalue weighted by Crippen LogP contribution is -2.57. The average Bonchev–Trinajstić information content (AvgIpc) is 3.37. The van der Waals surface area contributed by atoms with Crippen molar-refractivity contribution in [1.82, 2.24) is 14.9 Å². The highest BCUT2D eigenvalue weighted by Gasteiger charge is 2.74. The minimum atomic E-state index is -0.402. The first-order chi connectivity index (χ1) is 11.3. The van der Waals surface area contributed by atoms with Crippen LogP contribution in [0.1, 0.15) is 32.1 Å². The average molecular weight is 317 g/mol. The second-order valence-corrected chi connectivity index (χ2v) is 7.35. The molecule has 2 unspecified atom stereocenters. The van der Waals surface area contributed by atoms with Gasteiger partial charge in [-0.3, -0.25) is 4.79 Å². The molecule has 1 aromatic heterocycles. The van der Waals surface area contributed by atoms with Crippen LogP contribution < -0.4 is 5.32 Å². The van der Waals surface area contributed by atoms with Gasteiger partial charge in [-0.05, 0) is 32.1 Å². The highest BCUT2D eigenvalue weighted by molar-refractivity contribution is 5.86. The number of imidazole rings is 1. The summed E-state index contributed by atoms with van der Waals surface area (Å²) in [4.78, 5) is 17.1. The molecular formula is C17H23N3O3. The zero-order valence-corrected chi connectivity index (χ0v) is 13.2. The molecule has 124 valence electrons. The van der Waals surface area contributed by atoms with Gasteiger partial charge in [-0.1, -0.05) is 0 Å². The third-order valence-corrected chi connectivity index (χ3v) is 6.35. The summed E-state index contributed by atoms with van der Waals surface area (Å²) < 4.78 is 14.3. The van der Waals surface area contributed by atoms with Gasteiger partial charge in [0.2, 0.25) is 5.91 Å². The SMILES string of the molecule is O=C(NCCCn1ccnc1)C12C([C@@H]3CC[C@H]1O3)[C@H]1CC[C@@H]2O1. The van der Waals surface area contributed by atoms with Crippen LogP contribution in [0, 0.1) is 11.3 Å². The lowest BCUT2D eigenvalue weighted by Gasteiger charge is -2.40. The standard InChI is InChI=1S/C17H23N3O3/c21-16(19-6-1-8-20-9-7-18-10-20)17-13-4-2-11(22-13)15(17)12-3-5-14(17)23-12/h7,9-15H,1-6,8H2,(H,19,21)/t11-,12+,13+,14-,15?,17?. The van der Waals surface area contributed by atoms with E-state index in [-0.39, 0.29) is 36.2 Å². The zero-order chi connectivity index (χ0) is 15.4. The summed E-state index contributed by atoms with van der Waals surface area (Å²) in [5.41, 5.74) is -0.402. The van der Waals surface area contributed by atoms with Crippen molar-refractivity contribution in [2.24, 2.45) is 11.3 Å². The van der Waals surface area contributed by atoms with Gasteiger partial charge in [-0.15, -0.1) is 0 Å². The molecule has 0 aromatic carbocycles. The molecule has 1 N–H and O–H groups in total. The Morgan fingerprint density at radius 3 is 2.61 bits per heavy atom. The smallest absolute Gasteiger partial charge is 0.231 e. The summed E-state index contributed by atoms with van der Waals surface area (Å²) in [6.45, 7) is 1.57. The van der Waals surface area contributed by atoms with Gasteiger partial charge >= 0.3 is 0 Å². The first-order valence-corrected chi connectivity index (χ1v) is 8.85. The van der Waals surface area contributed by atoms with Gasteiger partial charge in [0.05, 0.1) is 30.7 Å². The molecule has 5 rings (SSSR count). The van der Waals surface area contributed by atoms with Gasteiger partial charge in [-0.2, -0.15) is 0 Å². The summed E-state index contributed by atoms with van der Waals surface area (Å²) in [6, 6.07) is 0. The maximum atomic E-state index is 13.1. The molecule has 0 aliphatic carbocycles. The van der Waals surface area contributed by atoms with Crippen molar-refractivity contribution < 1.29 is 14.3 Å². The van der Waals surface area contributed by atoms with Crippen molar-refractivity contribution in [1.29, 1.82) is 0 Å². The molecule has 4 aliphatic rings. The minimum absolute atomic E-state index is 0.0708. The van der Waals surface area contributed by atoms with Crippen molar-refractivity contribution in [3.63, 3.8) is 0 Å². The third kappa shape index (κ3) is 1.82. The van der Waals surface area contributed by atoms with Crippen molar-refractivity contribution in [3.05, 3.63) is 18.7 Å². The Morgan fingerprint density at radius 2 is 1.96 bits per heavy atom. The van der Waals surface area contributed by atoms with E-state index < -0.39 is 5.41 Å². The summed E-state index contributed by atoms with van der Waals surface area (Å²) in [5.74, 6) is 0.459. The normalized spacial score (nSPS) is 43.0. The number of aryl methyl sites for hydroxylation is 1. The molecule has 0 spiro atoms. The number of hydrogen-bond donors (Lipinski definition) is 1. The number of hydrogen-bond acceptors (Lipinski definition) is 4. The number of aromatic nitrogens is 2. The molecule has 4 bridgehead atoms. The number of carbonyl (C=O) groups excluding carboxylic acids is 1. The van der Waals surface area contributed by atoms with Gasteiger partial charge in [0, 0.05) is 31.4 Å². The zero-order valence-electron chi connectivity index (χ0n) is 13.2. The third-order valence-electron chi connectivity index (χ3n) is 6.35. The van der Waals surface area contributed by atoms with Gasteiger partial charge in [-0.25, -0.2) is 4.98 Å². The van der Waals surface area contributed by atoms with Crippen LogP contribution in [0.15, 0.2) is 18.7 Å². The fourth-order valence-corrected chi connectivity index (χ4v) is 5.53. The Morgan fingerprint density at radius 1 is 1.22 bits per heavy atom. The number of nitrogens with one attached hydrogen (secondary N) is 1. The maximum absolute atomic E-state index is 13.1. The lowest BCUT2D eigenvalue weighted by atomic mass is 9.59. The van der Waals surface area contributed by atoms with E-state index in [1.165, 1.54) is 0 Å². The number of rotatable bonds is 5. The number of fused-ring (bicyclic) bond motifs is 9. The number of ether oxygens (including phenoxy) is 2. The Balaban J connectivity index is 1.27. The molecule has 6 heteroatoms. The molecule has 0 saturated carbocycles. The van der Waals surface area contributed by atoms with Gasteiger partial charge in [0.15, 0.2) is 0 Å². The summed E-state index contributed by atoms with van der Waals surface area (Å²) >= 11 is 0. The van der Waals surface area contributed by atoms with Crippen LogP contribution in [0.3, 0.4) is 0 Å². The van der Waals surface area contributed by atoms with E-state index in [1.807, 2.05) is 17.1 Å². The number of amides is 1. The van der Waals surface area contributed by atoms with Crippen molar-refractivity contribution in [3.8, 4) is 0 Å². The van der Waals surface area contributed by atoms with Gasteiger partial charge < -0.3 is 19.4 Å².